The number of allylic oxidation sites excluding steroid dienone is 4. The molecule has 0 spiro atoms. The molecule has 36 heavy (non-hydrogen) atoms. The molecule has 202 valence electrons. The number of carbonyl (C=O) groups excluding carboxylic acids is 1. The number of ether oxygens (including phenoxy) is 1. The van der Waals surface area contributed by atoms with Crippen molar-refractivity contribution in [2.24, 2.45) is 11.3 Å². The summed E-state index contributed by atoms with van der Waals surface area (Å²) in [6.07, 6.45) is 2.58. The normalized spacial score (nSPS) is 32.4. The van der Waals surface area contributed by atoms with E-state index in [2.05, 4.69) is 19.6 Å². The second-order valence-corrected chi connectivity index (χ2v) is 10.2. The van der Waals surface area contributed by atoms with Gasteiger partial charge in [0.15, 0.2) is 0 Å². The van der Waals surface area contributed by atoms with E-state index in [1.165, 1.54) is 5.57 Å². The molecule has 2 saturated carbocycles. The number of hydrogen-bond acceptors (Lipinski definition) is 4. The van der Waals surface area contributed by atoms with E-state index >= 15 is 0 Å². The Labute approximate surface area is 207 Å². The summed E-state index contributed by atoms with van der Waals surface area (Å²) in [5.74, 6) is -5.86. The van der Waals surface area contributed by atoms with E-state index in [1.807, 2.05) is 12.2 Å². The first kappa shape index (κ1) is 28.5. The fourth-order valence-corrected chi connectivity index (χ4v) is 5.60. The van der Waals surface area contributed by atoms with Gasteiger partial charge >= 0.3 is 12.1 Å². The number of halogens is 5. The van der Waals surface area contributed by atoms with Gasteiger partial charge in [0, 0.05) is 6.42 Å². The maximum Gasteiger partial charge on any atom is 0.455 e. The molecule has 3 aliphatic rings. The van der Waals surface area contributed by atoms with Gasteiger partial charge in [0.25, 0.3) is 0 Å². The van der Waals surface area contributed by atoms with Crippen LogP contribution < -0.4 is 5.32 Å². The molecule has 3 aliphatic carbocycles. The topological polar surface area (TPSA) is 78.8 Å². The van der Waals surface area contributed by atoms with E-state index in [9.17, 15) is 37.0 Å². The van der Waals surface area contributed by atoms with Gasteiger partial charge in [0.1, 0.15) is 6.61 Å². The number of amides is 1. The number of carbonyl (C=O) groups is 1. The highest BCUT2D eigenvalue weighted by atomic mass is 19.4. The highest BCUT2D eigenvalue weighted by Gasteiger charge is 2.57. The van der Waals surface area contributed by atoms with Crippen LogP contribution in [0.5, 0.6) is 0 Å². The smallest absolute Gasteiger partial charge is 0.393 e. The fourth-order valence-electron chi connectivity index (χ4n) is 5.60. The van der Waals surface area contributed by atoms with Crippen LogP contribution in [0.2, 0.25) is 0 Å². The third kappa shape index (κ3) is 6.08. The molecular formula is C26H34F5NO4. The summed E-state index contributed by atoms with van der Waals surface area (Å²) < 4.78 is 68.4. The molecular weight excluding hydrogens is 485 g/mol. The summed E-state index contributed by atoms with van der Waals surface area (Å²) in [5, 5.41) is 21.7. The van der Waals surface area contributed by atoms with Gasteiger partial charge in [-0.1, -0.05) is 37.3 Å². The molecule has 0 heterocycles. The average Bonchev–Trinajstić information content (AvgIpc) is 3.14. The molecule has 1 amide bonds. The van der Waals surface area contributed by atoms with Crippen LogP contribution in [-0.2, 0) is 9.53 Å². The van der Waals surface area contributed by atoms with Crippen molar-refractivity contribution in [3.05, 3.63) is 47.1 Å². The van der Waals surface area contributed by atoms with Crippen molar-refractivity contribution in [1.29, 1.82) is 0 Å². The standard InChI is InChI=1S/C26H34F5NO4/c1-15-18(11-19(33)12-22(15)34)7-6-17-5-4-10-24(3)20(8-9-21(17)24)16(2)36-13-23(35)32-14-25(27,28)26(29,30)31/h6-8,16,19,21-22,33-34H,1,4-5,9-14H2,2-3H3,(H,32,35)/t16-,19+,21?,22-,24+/m0/s1. The molecule has 2 fully saturated rings. The van der Waals surface area contributed by atoms with E-state index in [1.54, 1.807) is 12.2 Å². The number of nitrogens with one attached hydrogen (secondary N) is 1. The summed E-state index contributed by atoms with van der Waals surface area (Å²) in [6, 6.07) is 0. The molecule has 0 aliphatic heterocycles. The van der Waals surface area contributed by atoms with Crippen LogP contribution in [0, 0.1) is 11.3 Å². The maximum atomic E-state index is 13.0. The Morgan fingerprint density at radius 3 is 2.67 bits per heavy atom. The first-order valence-corrected chi connectivity index (χ1v) is 12.1. The van der Waals surface area contributed by atoms with Gasteiger partial charge in [-0.2, -0.15) is 22.0 Å². The monoisotopic (exact) mass is 519 g/mol. The van der Waals surface area contributed by atoms with Gasteiger partial charge in [-0.25, -0.2) is 0 Å². The molecule has 0 aromatic rings. The summed E-state index contributed by atoms with van der Waals surface area (Å²) in [4.78, 5) is 11.8. The van der Waals surface area contributed by atoms with Crippen LogP contribution >= 0.6 is 0 Å². The first-order valence-electron chi connectivity index (χ1n) is 12.1. The largest absolute Gasteiger partial charge is 0.455 e. The molecule has 0 bridgehead atoms. The molecule has 3 rings (SSSR count). The minimum Gasteiger partial charge on any atom is -0.393 e. The molecule has 0 aromatic heterocycles. The number of fused-ring (bicyclic) bond motifs is 1. The van der Waals surface area contributed by atoms with E-state index in [-0.39, 0.29) is 17.8 Å². The Balaban J connectivity index is 1.62. The summed E-state index contributed by atoms with van der Waals surface area (Å²) >= 11 is 0. The van der Waals surface area contributed by atoms with Crippen molar-refractivity contribution >= 4 is 5.91 Å². The van der Waals surface area contributed by atoms with Gasteiger partial charge in [0.05, 0.1) is 24.9 Å². The molecule has 3 N–H and O–H groups in total. The zero-order chi connectivity index (χ0) is 26.9. The lowest BCUT2D eigenvalue weighted by Crippen LogP contribution is -2.47. The quantitative estimate of drug-likeness (QED) is 0.335. The zero-order valence-corrected chi connectivity index (χ0v) is 20.5. The SMILES string of the molecule is C=C1C(=CC=C2CCC[C@]3(C)C([C@H](C)OCC(=O)NCC(F)(F)C(F)(F)F)=CCC23)C[C@@H](O)C[C@@H]1O. The second kappa shape index (κ2) is 10.8. The zero-order valence-electron chi connectivity index (χ0n) is 20.5. The van der Waals surface area contributed by atoms with Crippen LogP contribution in [0.25, 0.3) is 0 Å². The predicted octanol–water partition coefficient (Wildman–Crippen LogP) is 4.77. The van der Waals surface area contributed by atoms with Gasteiger partial charge in [0.2, 0.25) is 5.91 Å². The second-order valence-electron chi connectivity index (χ2n) is 10.2. The van der Waals surface area contributed by atoms with E-state index in [0.29, 0.717) is 12.0 Å². The van der Waals surface area contributed by atoms with E-state index in [0.717, 1.165) is 36.8 Å². The Hall–Kier alpha value is -2.04. The van der Waals surface area contributed by atoms with Crippen molar-refractivity contribution in [1.82, 2.24) is 5.32 Å². The number of alkyl halides is 5. The Bertz CT molecular complexity index is 954. The Kier molecular flexibility index (Phi) is 8.52. The van der Waals surface area contributed by atoms with Gasteiger partial charge in [-0.05, 0) is 67.1 Å². The van der Waals surface area contributed by atoms with E-state index < -0.39 is 49.5 Å². The van der Waals surface area contributed by atoms with Crippen molar-refractivity contribution in [3.63, 3.8) is 0 Å². The van der Waals surface area contributed by atoms with Crippen LogP contribution in [0.4, 0.5) is 22.0 Å². The van der Waals surface area contributed by atoms with Crippen molar-refractivity contribution < 1.29 is 41.7 Å². The molecule has 0 radical (unpaired) electrons. The lowest BCUT2D eigenvalue weighted by molar-refractivity contribution is -0.278. The van der Waals surface area contributed by atoms with E-state index in [4.69, 9.17) is 4.74 Å². The molecule has 10 heteroatoms. The van der Waals surface area contributed by atoms with Crippen molar-refractivity contribution in [3.8, 4) is 0 Å². The fraction of sp³-hybridized carbons (Fsp3) is 0.654. The van der Waals surface area contributed by atoms with Crippen LogP contribution in [0.15, 0.2) is 47.1 Å². The molecule has 5 nitrogen and oxygen atoms in total. The maximum absolute atomic E-state index is 13.0. The van der Waals surface area contributed by atoms with Crippen LogP contribution in [0.1, 0.15) is 52.4 Å². The molecule has 0 aromatic carbocycles. The molecule has 1 unspecified atom stereocenters. The summed E-state index contributed by atoms with van der Waals surface area (Å²) in [6.45, 7) is 5.34. The highest BCUT2D eigenvalue weighted by Crippen LogP contribution is 2.55. The van der Waals surface area contributed by atoms with Gasteiger partial charge in [-0.15, -0.1) is 0 Å². The minimum absolute atomic E-state index is 0.190. The first-order chi connectivity index (χ1) is 16.7. The third-order valence-corrected chi connectivity index (χ3v) is 7.70. The Morgan fingerprint density at radius 2 is 2.00 bits per heavy atom. The summed E-state index contributed by atoms with van der Waals surface area (Å²) in [5.41, 5.74) is 3.40. The Morgan fingerprint density at radius 1 is 1.31 bits per heavy atom. The van der Waals surface area contributed by atoms with Crippen LogP contribution in [0.3, 0.4) is 0 Å². The lowest BCUT2D eigenvalue weighted by Gasteiger charge is -2.42. The van der Waals surface area contributed by atoms with Crippen LogP contribution in [-0.4, -0.2) is 59.7 Å². The van der Waals surface area contributed by atoms with Crippen molar-refractivity contribution in [2.75, 3.05) is 13.2 Å². The number of hydrogen-bond donors (Lipinski definition) is 3. The van der Waals surface area contributed by atoms with Crippen molar-refractivity contribution in [2.45, 2.75) is 82.8 Å². The minimum atomic E-state index is -5.74. The highest BCUT2D eigenvalue weighted by molar-refractivity contribution is 5.77. The third-order valence-electron chi connectivity index (χ3n) is 7.70. The van der Waals surface area contributed by atoms with Gasteiger partial charge in [-0.3, -0.25) is 4.79 Å². The number of rotatable bonds is 7. The number of aliphatic hydroxyl groups excluding tert-OH is 2. The average molecular weight is 520 g/mol. The lowest BCUT2D eigenvalue weighted by atomic mass is 9.63. The number of aliphatic hydroxyl groups is 2. The molecule has 5 atom stereocenters. The van der Waals surface area contributed by atoms with Gasteiger partial charge < -0.3 is 20.3 Å². The predicted molar refractivity (Wildman–Crippen MR) is 124 cm³/mol. The molecule has 0 saturated heterocycles. The summed E-state index contributed by atoms with van der Waals surface area (Å²) in [7, 11) is 0.